The summed E-state index contributed by atoms with van der Waals surface area (Å²) in [6.45, 7) is 2.19. The molecule has 0 saturated carbocycles. The number of nitrogens with zero attached hydrogens (tertiary/aromatic N) is 1. The highest BCUT2D eigenvalue weighted by atomic mass is 127. The van der Waals surface area contributed by atoms with Gasteiger partial charge in [-0.3, -0.25) is 4.99 Å². The van der Waals surface area contributed by atoms with Crippen molar-refractivity contribution in [2.45, 2.75) is 19.4 Å². The van der Waals surface area contributed by atoms with Gasteiger partial charge in [0.2, 0.25) is 0 Å². The minimum absolute atomic E-state index is 0. The largest absolute Gasteiger partial charge is 0.493 e. The van der Waals surface area contributed by atoms with Crippen LogP contribution in [-0.2, 0) is 19.4 Å². The van der Waals surface area contributed by atoms with Gasteiger partial charge in [-0.15, -0.1) is 24.0 Å². The van der Waals surface area contributed by atoms with E-state index in [-0.39, 0.29) is 29.8 Å². The highest BCUT2D eigenvalue weighted by Crippen LogP contribution is 2.25. The molecule has 2 N–H and O–H groups in total. The Morgan fingerprint density at radius 1 is 1.12 bits per heavy atom. The Labute approximate surface area is 164 Å². The molecule has 134 valence electrons. The van der Waals surface area contributed by atoms with Gasteiger partial charge in [0.15, 0.2) is 5.96 Å². The fourth-order valence-electron chi connectivity index (χ4n) is 2.73. The maximum Gasteiger partial charge on any atom is 0.191 e. The Morgan fingerprint density at radius 3 is 2.64 bits per heavy atom. The molecule has 0 amide bonds. The highest BCUT2D eigenvalue weighted by Gasteiger charge is 2.11. The minimum Gasteiger partial charge on any atom is -0.493 e. The SMILES string of the molecule is CN=C(NCCc1ccc2c(c1)CCO2)NCc1ccc(F)cc1.I. The van der Waals surface area contributed by atoms with Gasteiger partial charge in [0.05, 0.1) is 6.61 Å². The summed E-state index contributed by atoms with van der Waals surface area (Å²) >= 11 is 0. The topological polar surface area (TPSA) is 45.7 Å². The van der Waals surface area contributed by atoms with Crippen LogP contribution in [0.15, 0.2) is 47.5 Å². The van der Waals surface area contributed by atoms with E-state index in [2.05, 4.69) is 33.8 Å². The van der Waals surface area contributed by atoms with Crippen LogP contribution in [0.4, 0.5) is 4.39 Å². The van der Waals surface area contributed by atoms with Crippen LogP contribution in [0.1, 0.15) is 16.7 Å². The van der Waals surface area contributed by atoms with Crippen LogP contribution in [0.25, 0.3) is 0 Å². The molecule has 4 nitrogen and oxygen atoms in total. The van der Waals surface area contributed by atoms with Gasteiger partial charge >= 0.3 is 0 Å². The molecule has 2 aromatic carbocycles. The first-order chi connectivity index (χ1) is 11.7. The summed E-state index contributed by atoms with van der Waals surface area (Å²) in [4.78, 5) is 4.21. The second-order valence-corrected chi connectivity index (χ2v) is 5.77. The van der Waals surface area contributed by atoms with E-state index in [4.69, 9.17) is 4.74 Å². The van der Waals surface area contributed by atoms with Crippen molar-refractivity contribution in [3.63, 3.8) is 0 Å². The average molecular weight is 455 g/mol. The van der Waals surface area contributed by atoms with Gasteiger partial charge in [-0.1, -0.05) is 24.3 Å². The van der Waals surface area contributed by atoms with Gasteiger partial charge in [0.1, 0.15) is 11.6 Å². The zero-order valence-electron chi connectivity index (χ0n) is 14.2. The molecule has 25 heavy (non-hydrogen) atoms. The van der Waals surface area contributed by atoms with Gasteiger partial charge in [0, 0.05) is 26.6 Å². The quantitative estimate of drug-likeness (QED) is 0.414. The van der Waals surface area contributed by atoms with Crippen molar-refractivity contribution in [1.29, 1.82) is 0 Å². The number of benzene rings is 2. The number of fused-ring (bicyclic) bond motifs is 1. The molecule has 0 bridgehead atoms. The number of guanidine groups is 1. The van der Waals surface area contributed by atoms with E-state index >= 15 is 0 Å². The van der Waals surface area contributed by atoms with E-state index in [0.717, 1.165) is 43.3 Å². The Balaban J connectivity index is 0.00000225. The molecule has 0 aliphatic carbocycles. The predicted molar refractivity (Wildman–Crippen MR) is 109 cm³/mol. The highest BCUT2D eigenvalue weighted by molar-refractivity contribution is 14.0. The van der Waals surface area contributed by atoms with Gasteiger partial charge in [0.25, 0.3) is 0 Å². The van der Waals surface area contributed by atoms with E-state index < -0.39 is 0 Å². The van der Waals surface area contributed by atoms with Crippen molar-refractivity contribution < 1.29 is 9.13 Å². The molecule has 0 radical (unpaired) electrons. The smallest absolute Gasteiger partial charge is 0.191 e. The van der Waals surface area contributed by atoms with Crippen LogP contribution in [0, 0.1) is 5.82 Å². The average Bonchev–Trinajstić information content (AvgIpc) is 3.07. The summed E-state index contributed by atoms with van der Waals surface area (Å²) in [5.74, 6) is 1.54. The summed E-state index contributed by atoms with van der Waals surface area (Å²) < 4.78 is 18.4. The summed E-state index contributed by atoms with van der Waals surface area (Å²) in [5, 5.41) is 6.53. The third kappa shape index (κ3) is 5.59. The molecule has 0 saturated heterocycles. The van der Waals surface area contributed by atoms with E-state index in [0.29, 0.717) is 6.54 Å². The Hall–Kier alpha value is -1.83. The molecular formula is C19H23FIN3O. The monoisotopic (exact) mass is 455 g/mol. The summed E-state index contributed by atoms with van der Waals surface area (Å²) in [6.07, 6.45) is 1.92. The number of ether oxygens (including phenoxy) is 1. The maximum absolute atomic E-state index is 12.9. The molecule has 3 rings (SSSR count). The molecule has 6 heteroatoms. The van der Waals surface area contributed by atoms with E-state index in [9.17, 15) is 4.39 Å². The number of aliphatic imine (C=N–C) groups is 1. The molecule has 0 aromatic heterocycles. The number of rotatable bonds is 5. The number of hydrogen-bond acceptors (Lipinski definition) is 2. The van der Waals surface area contributed by atoms with Crippen molar-refractivity contribution in [1.82, 2.24) is 10.6 Å². The Bertz CT molecular complexity index is 719. The van der Waals surface area contributed by atoms with Gasteiger partial charge in [-0.25, -0.2) is 4.39 Å². The zero-order chi connectivity index (χ0) is 16.8. The molecule has 1 heterocycles. The van der Waals surface area contributed by atoms with E-state index in [1.54, 1.807) is 19.2 Å². The second kappa shape index (κ2) is 9.60. The molecule has 1 aliphatic rings. The van der Waals surface area contributed by atoms with Crippen LogP contribution in [-0.4, -0.2) is 26.2 Å². The van der Waals surface area contributed by atoms with Gasteiger partial charge in [-0.2, -0.15) is 0 Å². The number of nitrogens with one attached hydrogen (secondary N) is 2. The zero-order valence-corrected chi connectivity index (χ0v) is 16.5. The second-order valence-electron chi connectivity index (χ2n) is 5.77. The normalized spacial score (nSPS) is 12.8. The predicted octanol–water partition coefficient (Wildman–Crippen LogP) is 3.29. The van der Waals surface area contributed by atoms with Crippen LogP contribution in [0.5, 0.6) is 5.75 Å². The summed E-state index contributed by atoms with van der Waals surface area (Å²) in [7, 11) is 1.74. The number of hydrogen-bond donors (Lipinski definition) is 2. The maximum atomic E-state index is 12.9. The molecule has 0 atom stereocenters. The Kier molecular flexibility index (Phi) is 7.49. The minimum atomic E-state index is -0.221. The van der Waals surface area contributed by atoms with E-state index in [1.807, 2.05) is 0 Å². The first-order valence-electron chi connectivity index (χ1n) is 8.18. The third-order valence-corrected chi connectivity index (χ3v) is 4.06. The van der Waals surface area contributed by atoms with Crippen molar-refractivity contribution >= 4 is 29.9 Å². The third-order valence-electron chi connectivity index (χ3n) is 4.06. The molecule has 1 aliphatic heterocycles. The lowest BCUT2D eigenvalue weighted by Crippen LogP contribution is -2.37. The Morgan fingerprint density at radius 2 is 1.88 bits per heavy atom. The van der Waals surface area contributed by atoms with Crippen LogP contribution >= 0.6 is 24.0 Å². The fourth-order valence-corrected chi connectivity index (χ4v) is 2.73. The number of halogens is 2. The van der Waals surface area contributed by atoms with Crippen molar-refractivity contribution in [2.24, 2.45) is 4.99 Å². The van der Waals surface area contributed by atoms with Crippen LogP contribution in [0.3, 0.4) is 0 Å². The van der Waals surface area contributed by atoms with Gasteiger partial charge < -0.3 is 15.4 Å². The summed E-state index contributed by atoms with van der Waals surface area (Å²) in [6, 6.07) is 12.8. The molecule has 0 spiro atoms. The van der Waals surface area contributed by atoms with Crippen molar-refractivity contribution in [3.8, 4) is 5.75 Å². The lowest BCUT2D eigenvalue weighted by Gasteiger charge is -2.12. The standard InChI is InChI=1S/C19H22FN3O.HI/c1-21-19(23-13-15-2-5-17(20)6-3-15)22-10-8-14-4-7-18-16(12-14)9-11-24-18;/h2-7,12H,8-11,13H2,1H3,(H2,21,22,23);1H. The molecule has 0 fully saturated rings. The molecule has 0 unspecified atom stereocenters. The van der Waals surface area contributed by atoms with Crippen LogP contribution in [0.2, 0.25) is 0 Å². The molecule has 2 aromatic rings. The first-order valence-corrected chi connectivity index (χ1v) is 8.18. The van der Waals surface area contributed by atoms with Crippen LogP contribution < -0.4 is 15.4 Å². The first kappa shape index (κ1) is 19.5. The molecular weight excluding hydrogens is 432 g/mol. The lowest BCUT2D eigenvalue weighted by molar-refractivity contribution is 0.357. The van der Waals surface area contributed by atoms with Crippen molar-refractivity contribution in [3.05, 3.63) is 65.0 Å². The van der Waals surface area contributed by atoms with Gasteiger partial charge in [-0.05, 0) is 41.3 Å². The van der Waals surface area contributed by atoms with E-state index in [1.165, 1.54) is 23.3 Å². The fraction of sp³-hybridized carbons (Fsp3) is 0.316. The lowest BCUT2D eigenvalue weighted by atomic mass is 10.1. The summed E-state index contributed by atoms with van der Waals surface area (Å²) in [5.41, 5.74) is 3.60. The van der Waals surface area contributed by atoms with Crippen molar-refractivity contribution in [2.75, 3.05) is 20.2 Å².